The van der Waals surface area contributed by atoms with Gasteiger partial charge >= 0.3 is 0 Å². The van der Waals surface area contributed by atoms with Crippen molar-refractivity contribution in [2.24, 2.45) is 0 Å². The fourth-order valence-corrected chi connectivity index (χ4v) is 4.21. The first kappa shape index (κ1) is 16.4. The summed E-state index contributed by atoms with van der Waals surface area (Å²) in [5.41, 5.74) is 2.50. The summed E-state index contributed by atoms with van der Waals surface area (Å²) in [4.78, 5) is 8.47. The quantitative estimate of drug-likeness (QED) is 0.739. The normalized spacial score (nSPS) is 24.7. The molecule has 2 aromatic heterocycles. The van der Waals surface area contributed by atoms with Gasteiger partial charge in [-0.25, -0.2) is 0 Å². The lowest BCUT2D eigenvalue weighted by molar-refractivity contribution is 0.0881. The van der Waals surface area contributed by atoms with Gasteiger partial charge in [-0.1, -0.05) is 6.42 Å². The highest BCUT2D eigenvalue weighted by atomic mass is 16.5. The lowest BCUT2D eigenvalue weighted by Crippen LogP contribution is -2.51. The number of benzene rings is 1. The van der Waals surface area contributed by atoms with Gasteiger partial charge in [0.15, 0.2) is 0 Å². The maximum absolute atomic E-state index is 10.3. The summed E-state index contributed by atoms with van der Waals surface area (Å²) in [6, 6.07) is 8.13. The van der Waals surface area contributed by atoms with E-state index >= 15 is 0 Å². The van der Waals surface area contributed by atoms with Crippen LogP contribution in [0.2, 0.25) is 0 Å². The van der Waals surface area contributed by atoms with Crippen LogP contribution in [0.4, 0.5) is 0 Å². The highest BCUT2D eigenvalue weighted by molar-refractivity contribution is 5.84. The number of nitrogens with one attached hydrogen (secondary N) is 1. The molecule has 2 saturated heterocycles. The van der Waals surface area contributed by atoms with Crippen LogP contribution in [0.15, 0.2) is 36.7 Å². The van der Waals surface area contributed by atoms with Gasteiger partial charge in [-0.15, -0.1) is 10.2 Å². The summed E-state index contributed by atoms with van der Waals surface area (Å²) < 4.78 is 6.08. The van der Waals surface area contributed by atoms with Gasteiger partial charge in [-0.3, -0.25) is 9.97 Å². The average molecular weight is 363 g/mol. The summed E-state index contributed by atoms with van der Waals surface area (Å²) in [5, 5.41) is 22.5. The first-order valence-corrected chi connectivity index (χ1v) is 9.45. The molecule has 2 fully saturated rings. The molecule has 2 bridgehead atoms. The van der Waals surface area contributed by atoms with Crippen molar-refractivity contribution >= 4 is 11.0 Å². The largest absolute Gasteiger partial charge is 0.507 e. The van der Waals surface area contributed by atoms with Gasteiger partial charge in [-0.2, -0.15) is 0 Å². The first-order chi connectivity index (χ1) is 13.2. The van der Waals surface area contributed by atoms with Crippen molar-refractivity contribution in [3.8, 4) is 22.9 Å². The van der Waals surface area contributed by atoms with E-state index in [9.17, 15) is 5.11 Å². The summed E-state index contributed by atoms with van der Waals surface area (Å²) in [6.07, 6.45) is 9.21. The first-order valence-electron chi connectivity index (χ1n) is 9.45. The van der Waals surface area contributed by atoms with Gasteiger partial charge in [-0.05, 0) is 37.8 Å². The highest BCUT2D eigenvalue weighted by Crippen LogP contribution is 2.32. The second kappa shape index (κ2) is 6.74. The van der Waals surface area contributed by atoms with E-state index in [0.29, 0.717) is 40.3 Å². The predicted octanol–water partition coefficient (Wildman–Crippen LogP) is 2.84. The molecule has 0 spiro atoms. The number of hydrogen-bond donors (Lipinski definition) is 2. The molecular formula is C20H21N5O2. The van der Waals surface area contributed by atoms with Crippen LogP contribution in [-0.2, 0) is 0 Å². The van der Waals surface area contributed by atoms with Gasteiger partial charge in [0, 0.05) is 42.2 Å². The van der Waals surface area contributed by atoms with Crippen LogP contribution < -0.4 is 10.1 Å². The Morgan fingerprint density at radius 3 is 2.41 bits per heavy atom. The molecule has 4 heterocycles. The number of ether oxygens (including phenoxy) is 1. The van der Waals surface area contributed by atoms with E-state index in [0.717, 1.165) is 12.8 Å². The van der Waals surface area contributed by atoms with E-state index in [1.54, 1.807) is 24.5 Å². The molecule has 0 aliphatic carbocycles. The molecule has 0 saturated carbocycles. The molecule has 2 aliphatic rings. The highest BCUT2D eigenvalue weighted by Gasteiger charge is 2.32. The number of phenols is 1. The van der Waals surface area contributed by atoms with Gasteiger partial charge in [0.1, 0.15) is 11.9 Å². The smallest absolute Gasteiger partial charge is 0.233 e. The fourth-order valence-electron chi connectivity index (χ4n) is 4.21. The molecule has 0 amide bonds. The molecule has 27 heavy (non-hydrogen) atoms. The van der Waals surface area contributed by atoms with Gasteiger partial charge in [0.2, 0.25) is 5.88 Å². The van der Waals surface area contributed by atoms with Crippen LogP contribution in [0, 0.1) is 0 Å². The van der Waals surface area contributed by atoms with Crippen molar-refractivity contribution in [3.63, 3.8) is 0 Å². The maximum atomic E-state index is 10.3. The summed E-state index contributed by atoms with van der Waals surface area (Å²) in [5.74, 6) is 0.640. The molecule has 3 aromatic rings. The van der Waals surface area contributed by atoms with Crippen LogP contribution >= 0.6 is 0 Å². The number of piperidine rings is 2. The molecular weight excluding hydrogens is 342 g/mol. The second-order valence-electron chi connectivity index (χ2n) is 7.37. The SMILES string of the molecule is Oc1cc2nccnc2cc1-c1ccc(OC2CC3CCCC(C2)N3)nn1. The molecule has 5 rings (SSSR count). The van der Waals surface area contributed by atoms with Gasteiger partial charge in [0.25, 0.3) is 0 Å². The fraction of sp³-hybridized carbons (Fsp3) is 0.400. The zero-order chi connectivity index (χ0) is 18.2. The number of aromatic hydroxyl groups is 1. The van der Waals surface area contributed by atoms with Crippen LogP contribution in [0.5, 0.6) is 11.6 Å². The zero-order valence-corrected chi connectivity index (χ0v) is 14.9. The van der Waals surface area contributed by atoms with Crippen molar-refractivity contribution in [1.82, 2.24) is 25.5 Å². The van der Waals surface area contributed by atoms with E-state index in [-0.39, 0.29) is 11.9 Å². The minimum Gasteiger partial charge on any atom is -0.507 e. The Morgan fingerprint density at radius 2 is 1.70 bits per heavy atom. The van der Waals surface area contributed by atoms with Gasteiger partial charge in [0.05, 0.1) is 16.7 Å². The molecule has 138 valence electrons. The van der Waals surface area contributed by atoms with Crippen molar-refractivity contribution in [2.45, 2.75) is 50.3 Å². The Kier molecular flexibility index (Phi) is 4.09. The van der Waals surface area contributed by atoms with Gasteiger partial charge < -0.3 is 15.2 Å². The molecule has 2 N–H and O–H groups in total. The van der Waals surface area contributed by atoms with Crippen LogP contribution in [0.3, 0.4) is 0 Å². The van der Waals surface area contributed by atoms with Crippen LogP contribution in [-0.4, -0.2) is 43.5 Å². The van der Waals surface area contributed by atoms with E-state index in [1.165, 1.54) is 19.3 Å². The average Bonchev–Trinajstić information content (AvgIpc) is 2.68. The number of rotatable bonds is 3. The standard InChI is InChI=1S/C20H21N5O2/c26-19-11-18-17(21-6-7-22-18)10-15(19)16-4-5-20(25-24-16)27-14-8-12-2-1-3-13(9-14)23-12/h4-7,10-14,23,26H,1-3,8-9H2. The van der Waals surface area contributed by atoms with Crippen molar-refractivity contribution in [3.05, 3.63) is 36.7 Å². The summed E-state index contributed by atoms with van der Waals surface area (Å²) >= 11 is 0. The van der Waals surface area contributed by atoms with Crippen molar-refractivity contribution < 1.29 is 9.84 Å². The molecule has 7 nitrogen and oxygen atoms in total. The topological polar surface area (TPSA) is 93.1 Å². The zero-order valence-electron chi connectivity index (χ0n) is 14.9. The Labute approximate surface area is 156 Å². The molecule has 2 aliphatic heterocycles. The van der Waals surface area contributed by atoms with Crippen molar-refractivity contribution in [1.29, 1.82) is 0 Å². The monoisotopic (exact) mass is 363 g/mol. The molecule has 7 heteroatoms. The van der Waals surface area contributed by atoms with Crippen LogP contribution in [0.1, 0.15) is 32.1 Å². The van der Waals surface area contributed by atoms with E-state index in [1.807, 2.05) is 12.1 Å². The number of nitrogens with zero attached hydrogens (tertiary/aromatic N) is 4. The van der Waals surface area contributed by atoms with E-state index in [4.69, 9.17) is 4.74 Å². The summed E-state index contributed by atoms with van der Waals surface area (Å²) in [6.45, 7) is 0. The Bertz CT molecular complexity index is 950. The number of phenolic OH excluding ortho intramolecular Hbond substituents is 1. The van der Waals surface area contributed by atoms with E-state index < -0.39 is 0 Å². The molecule has 2 atom stereocenters. The van der Waals surface area contributed by atoms with Crippen LogP contribution in [0.25, 0.3) is 22.3 Å². The Morgan fingerprint density at radius 1 is 0.963 bits per heavy atom. The molecule has 2 unspecified atom stereocenters. The third-order valence-electron chi connectivity index (χ3n) is 5.46. The molecule has 1 aromatic carbocycles. The number of fused-ring (bicyclic) bond motifs is 3. The maximum Gasteiger partial charge on any atom is 0.233 e. The lowest BCUT2D eigenvalue weighted by atomic mass is 9.85. The van der Waals surface area contributed by atoms with E-state index in [2.05, 4.69) is 25.5 Å². The summed E-state index contributed by atoms with van der Waals surface area (Å²) in [7, 11) is 0. The van der Waals surface area contributed by atoms with Crippen molar-refractivity contribution in [2.75, 3.05) is 0 Å². The number of hydrogen-bond acceptors (Lipinski definition) is 7. The number of aromatic nitrogens is 4. The minimum atomic E-state index is 0.108. The third kappa shape index (κ3) is 3.30. The predicted molar refractivity (Wildman–Crippen MR) is 100 cm³/mol. The minimum absolute atomic E-state index is 0.108. The Hall–Kier alpha value is -2.80. The third-order valence-corrected chi connectivity index (χ3v) is 5.46. The second-order valence-corrected chi connectivity index (χ2v) is 7.37. The Balaban J connectivity index is 1.35. The lowest BCUT2D eigenvalue weighted by Gasteiger charge is -2.39. The molecule has 0 radical (unpaired) electrons.